The van der Waals surface area contributed by atoms with Crippen molar-refractivity contribution >= 4 is 23.5 Å². The fourth-order valence-electron chi connectivity index (χ4n) is 6.58. The zero-order valence-corrected chi connectivity index (χ0v) is 20.1. The number of ketones is 1. The molecule has 0 aromatic carbocycles. The lowest BCUT2D eigenvalue weighted by Crippen LogP contribution is -2.54. The monoisotopic (exact) mass is 474 g/mol. The normalized spacial score (nSPS) is 27.1. The van der Waals surface area contributed by atoms with Gasteiger partial charge in [0.2, 0.25) is 11.7 Å². The minimum atomic E-state index is -0.835. The summed E-state index contributed by atoms with van der Waals surface area (Å²) < 4.78 is 7.03. The molecule has 4 aliphatic carbocycles. The van der Waals surface area contributed by atoms with Crippen molar-refractivity contribution in [3.63, 3.8) is 0 Å². The molecule has 3 N–H and O–H groups in total. The lowest BCUT2D eigenvalue weighted by atomic mass is 9.49. The van der Waals surface area contributed by atoms with E-state index in [1.54, 1.807) is 0 Å². The van der Waals surface area contributed by atoms with Crippen molar-refractivity contribution in [1.82, 2.24) is 14.5 Å². The number of esters is 1. The Morgan fingerprint density at radius 1 is 1.09 bits per heavy atom. The second-order valence-electron chi connectivity index (χ2n) is 10.9. The molecule has 1 aromatic heterocycles. The molecule has 4 aliphatic rings. The quantitative estimate of drug-likeness (QED) is 0.420. The second-order valence-corrected chi connectivity index (χ2v) is 10.9. The van der Waals surface area contributed by atoms with E-state index < -0.39 is 29.6 Å². The first-order valence-corrected chi connectivity index (χ1v) is 12.1. The predicted octanol–water partition coefficient (Wildman–Crippen LogP) is 0.844. The molecule has 1 amide bonds. The molecular weight excluding hydrogens is 440 g/mol. The first-order valence-electron chi connectivity index (χ1n) is 12.1. The fourth-order valence-corrected chi connectivity index (χ4v) is 6.58. The van der Waals surface area contributed by atoms with Gasteiger partial charge in [0.25, 0.3) is 5.56 Å². The van der Waals surface area contributed by atoms with Crippen molar-refractivity contribution < 1.29 is 19.1 Å². The Bertz CT molecular complexity index is 1100. The Labute approximate surface area is 197 Å². The Morgan fingerprint density at radius 2 is 1.65 bits per heavy atom. The SMILES string of the molecule is CC(C)Cn1c(N)c(C(=O)COC(=O)CNC(=O)C23CC4CC(CC(C4)C2)C3)c(=O)n(C)c1=O. The summed E-state index contributed by atoms with van der Waals surface area (Å²) in [6.07, 6.45) is 6.28. The third-order valence-corrected chi connectivity index (χ3v) is 7.69. The van der Waals surface area contributed by atoms with E-state index in [0.717, 1.165) is 23.8 Å². The number of carbonyl (C=O) groups is 3. The number of aromatic nitrogens is 2. The maximum absolute atomic E-state index is 13.0. The highest BCUT2D eigenvalue weighted by Gasteiger charge is 2.54. The van der Waals surface area contributed by atoms with Gasteiger partial charge in [0.1, 0.15) is 17.9 Å². The van der Waals surface area contributed by atoms with Crippen LogP contribution in [0, 0.1) is 29.1 Å². The molecule has 0 atom stereocenters. The van der Waals surface area contributed by atoms with Crippen LogP contribution >= 0.6 is 0 Å². The third-order valence-electron chi connectivity index (χ3n) is 7.69. The number of nitrogen functional groups attached to an aromatic ring is 1. The van der Waals surface area contributed by atoms with Crippen LogP contribution in [0.25, 0.3) is 0 Å². The van der Waals surface area contributed by atoms with Crippen LogP contribution in [0.5, 0.6) is 0 Å². The number of amides is 1. The molecule has 5 rings (SSSR count). The Hall–Kier alpha value is -2.91. The molecule has 0 saturated heterocycles. The van der Waals surface area contributed by atoms with Crippen LogP contribution in [0.4, 0.5) is 5.82 Å². The number of carbonyl (C=O) groups excluding carboxylic acids is 3. The maximum atomic E-state index is 13.0. The predicted molar refractivity (Wildman–Crippen MR) is 124 cm³/mol. The highest BCUT2D eigenvalue weighted by Crippen LogP contribution is 2.60. The standard InChI is InChI=1S/C24H34N4O6/c1-13(2)11-28-20(25)19(21(31)27(3)23(28)33)17(29)12-34-18(30)10-26-22(32)24-7-14-4-15(8-24)6-16(5-14)9-24/h13-16H,4-12,25H2,1-3H3,(H,26,32). The van der Waals surface area contributed by atoms with E-state index in [0.29, 0.717) is 17.8 Å². The summed E-state index contributed by atoms with van der Waals surface area (Å²) in [6, 6.07) is 0. The van der Waals surface area contributed by atoms with E-state index >= 15 is 0 Å². The zero-order valence-electron chi connectivity index (χ0n) is 20.1. The van der Waals surface area contributed by atoms with Crippen molar-refractivity contribution in [1.29, 1.82) is 0 Å². The molecule has 4 fully saturated rings. The van der Waals surface area contributed by atoms with Crippen molar-refractivity contribution in [2.75, 3.05) is 18.9 Å². The summed E-state index contributed by atoms with van der Waals surface area (Å²) in [4.78, 5) is 62.8. The molecule has 0 radical (unpaired) electrons. The van der Waals surface area contributed by atoms with Gasteiger partial charge in [0, 0.05) is 19.0 Å². The molecular formula is C24H34N4O6. The number of hydrogen-bond acceptors (Lipinski definition) is 7. The largest absolute Gasteiger partial charge is 0.456 e. The average molecular weight is 475 g/mol. The van der Waals surface area contributed by atoms with Crippen molar-refractivity contribution in [3.8, 4) is 0 Å². The Kier molecular flexibility index (Phi) is 6.44. The molecule has 10 heteroatoms. The molecule has 10 nitrogen and oxygen atoms in total. The second kappa shape index (κ2) is 9.03. The van der Waals surface area contributed by atoms with E-state index in [1.807, 2.05) is 13.8 Å². The lowest BCUT2D eigenvalue weighted by molar-refractivity contribution is -0.150. The zero-order chi connectivity index (χ0) is 24.8. The van der Waals surface area contributed by atoms with Crippen LogP contribution in [0.1, 0.15) is 62.7 Å². The first-order chi connectivity index (χ1) is 16.0. The average Bonchev–Trinajstić information content (AvgIpc) is 2.76. The minimum Gasteiger partial charge on any atom is -0.456 e. The number of nitrogens with zero attached hydrogens (tertiary/aromatic N) is 2. The van der Waals surface area contributed by atoms with Gasteiger partial charge in [-0.25, -0.2) is 4.79 Å². The van der Waals surface area contributed by atoms with Crippen molar-refractivity contribution in [2.45, 2.75) is 58.9 Å². The number of nitrogens with two attached hydrogens (primary N) is 1. The van der Waals surface area contributed by atoms with Crippen LogP contribution < -0.4 is 22.3 Å². The number of anilines is 1. The third kappa shape index (κ3) is 4.42. The van der Waals surface area contributed by atoms with E-state index in [2.05, 4.69) is 5.32 Å². The molecule has 1 heterocycles. The van der Waals surface area contributed by atoms with Gasteiger partial charge < -0.3 is 15.8 Å². The summed E-state index contributed by atoms with van der Waals surface area (Å²) in [5.41, 5.74) is 3.77. The van der Waals surface area contributed by atoms with Crippen LogP contribution in [0.3, 0.4) is 0 Å². The Morgan fingerprint density at radius 3 is 2.18 bits per heavy atom. The highest BCUT2D eigenvalue weighted by atomic mass is 16.5. The van der Waals surface area contributed by atoms with Crippen LogP contribution in [0.2, 0.25) is 0 Å². The molecule has 0 spiro atoms. The Balaban J connectivity index is 1.36. The van der Waals surface area contributed by atoms with E-state index in [1.165, 1.54) is 30.9 Å². The number of rotatable bonds is 8. The number of hydrogen-bond donors (Lipinski definition) is 2. The van der Waals surface area contributed by atoms with E-state index in [9.17, 15) is 24.0 Å². The lowest BCUT2D eigenvalue weighted by Gasteiger charge is -2.55. The fraction of sp³-hybridized carbons (Fsp3) is 0.708. The summed E-state index contributed by atoms with van der Waals surface area (Å²) in [6.45, 7) is 2.94. The first kappa shape index (κ1) is 24.2. The summed E-state index contributed by atoms with van der Waals surface area (Å²) in [5, 5.41) is 2.71. The molecule has 34 heavy (non-hydrogen) atoms. The van der Waals surface area contributed by atoms with Crippen LogP contribution in [-0.2, 0) is 27.9 Å². The van der Waals surface area contributed by atoms with Gasteiger partial charge in [0.05, 0.1) is 0 Å². The maximum Gasteiger partial charge on any atom is 0.332 e. The number of Topliss-reactive ketones (excluding diaryl/α,β-unsaturated/α-hetero) is 1. The van der Waals surface area contributed by atoms with Gasteiger partial charge >= 0.3 is 11.7 Å². The molecule has 4 saturated carbocycles. The van der Waals surface area contributed by atoms with E-state index in [4.69, 9.17) is 10.5 Å². The molecule has 1 aromatic rings. The smallest absolute Gasteiger partial charge is 0.332 e. The van der Waals surface area contributed by atoms with Crippen molar-refractivity contribution in [2.24, 2.45) is 36.1 Å². The van der Waals surface area contributed by atoms with Gasteiger partial charge in [-0.15, -0.1) is 0 Å². The summed E-state index contributed by atoms with van der Waals surface area (Å²) in [5.74, 6) is -0.0351. The molecule has 4 bridgehead atoms. The topological polar surface area (TPSA) is 142 Å². The molecule has 0 aliphatic heterocycles. The number of nitrogens with one attached hydrogen (secondary N) is 1. The van der Waals surface area contributed by atoms with Gasteiger partial charge in [-0.1, -0.05) is 13.8 Å². The summed E-state index contributed by atoms with van der Waals surface area (Å²) in [7, 11) is 1.27. The van der Waals surface area contributed by atoms with Gasteiger partial charge in [0.15, 0.2) is 6.61 Å². The summed E-state index contributed by atoms with van der Waals surface area (Å²) >= 11 is 0. The molecule has 0 unspecified atom stereocenters. The van der Waals surface area contributed by atoms with Crippen LogP contribution in [0.15, 0.2) is 9.59 Å². The highest BCUT2D eigenvalue weighted by molar-refractivity contribution is 6.01. The van der Waals surface area contributed by atoms with Gasteiger partial charge in [-0.3, -0.25) is 28.3 Å². The van der Waals surface area contributed by atoms with Crippen LogP contribution in [-0.4, -0.2) is 39.9 Å². The van der Waals surface area contributed by atoms with Gasteiger partial charge in [-0.2, -0.15) is 0 Å². The molecule has 186 valence electrons. The van der Waals surface area contributed by atoms with E-state index in [-0.39, 0.29) is 41.7 Å². The van der Waals surface area contributed by atoms with Gasteiger partial charge in [-0.05, 0) is 62.2 Å². The van der Waals surface area contributed by atoms with Crippen molar-refractivity contribution in [3.05, 3.63) is 26.4 Å². The number of ether oxygens (including phenoxy) is 1. The minimum absolute atomic E-state index is 0.0517.